The lowest BCUT2D eigenvalue weighted by Crippen LogP contribution is -2.32. The lowest BCUT2D eigenvalue weighted by molar-refractivity contribution is -0.137. The first-order chi connectivity index (χ1) is 9.34. The van der Waals surface area contributed by atoms with Crippen molar-refractivity contribution >= 4 is 5.91 Å². The van der Waals surface area contributed by atoms with Gasteiger partial charge in [0.1, 0.15) is 0 Å². The summed E-state index contributed by atoms with van der Waals surface area (Å²) in [5.41, 5.74) is 5.07. The Kier molecular flexibility index (Phi) is 5.97. The van der Waals surface area contributed by atoms with Gasteiger partial charge in [0.2, 0.25) is 0 Å². The Labute approximate surface area is 115 Å². The molecule has 0 radical (unpaired) electrons. The molecule has 0 fully saturated rings. The van der Waals surface area contributed by atoms with E-state index in [1.807, 2.05) is 0 Å². The van der Waals surface area contributed by atoms with Crippen molar-refractivity contribution in [1.29, 1.82) is 0 Å². The van der Waals surface area contributed by atoms with E-state index < -0.39 is 17.6 Å². The van der Waals surface area contributed by atoms with E-state index >= 15 is 0 Å². The average molecular weight is 290 g/mol. The summed E-state index contributed by atoms with van der Waals surface area (Å²) in [4.78, 5) is 11.7. The van der Waals surface area contributed by atoms with Gasteiger partial charge in [0, 0.05) is 25.3 Å². The van der Waals surface area contributed by atoms with Crippen LogP contribution in [0, 0.1) is 0 Å². The Hall–Kier alpha value is -1.60. The van der Waals surface area contributed by atoms with Crippen molar-refractivity contribution in [3.8, 4) is 0 Å². The van der Waals surface area contributed by atoms with E-state index in [0.717, 1.165) is 24.3 Å². The zero-order valence-electron chi connectivity index (χ0n) is 11.0. The zero-order chi connectivity index (χ0) is 15.2. The molecule has 1 rings (SSSR count). The van der Waals surface area contributed by atoms with Crippen LogP contribution in [-0.4, -0.2) is 32.2 Å². The second-order valence-electron chi connectivity index (χ2n) is 4.34. The van der Waals surface area contributed by atoms with Gasteiger partial charge < -0.3 is 15.8 Å². The van der Waals surface area contributed by atoms with Crippen molar-refractivity contribution in [3.63, 3.8) is 0 Å². The van der Waals surface area contributed by atoms with Gasteiger partial charge >= 0.3 is 6.18 Å². The topological polar surface area (TPSA) is 64.3 Å². The number of methoxy groups -OCH3 is 1. The second kappa shape index (κ2) is 7.25. The summed E-state index contributed by atoms with van der Waals surface area (Å²) >= 11 is 0. The highest BCUT2D eigenvalue weighted by Crippen LogP contribution is 2.28. The Balaban J connectivity index is 2.48. The zero-order valence-corrected chi connectivity index (χ0v) is 11.0. The molecule has 0 saturated carbocycles. The fraction of sp³-hybridized carbons (Fsp3) is 0.462. The number of ether oxygens (including phenoxy) is 1. The highest BCUT2D eigenvalue weighted by Gasteiger charge is 2.30. The first kappa shape index (κ1) is 16.5. The molecule has 0 spiro atoms. The summed E-state index contributed by atoms with van der Waals surface area (Å²) in [5, 5.41) is 2.59. The molecule has 4 nitrogen and oxygen atoms in total. The summed E-state index contributed by atoms with van der Waals surface area (Å²) in [6.45, 7) is 0.723. The molecule has 1 atom stereocenters. The maximum absolute atomic E-state index is 12.4. The van der Waals surface area contributed by atoms with Crippen molar-refractivity contribution in [2.45, 2.75) is 18.6 Å². The number of hydrogen-bond donors (Lipinski definition) is 2. The summed E-state index contributed by atoms with van der Waals surface area (Å²) in [6.07, 6.45) is -3.87. The minimum absolute atomic E-state index is 0.179. The molecule has 0 aliphatic carbocycles. The van der Waals surface area contributed by atoms with Crippen LogP contribution in [0.1, 0.15) is 22.3 Å². The third-order valence-electron chi connectivity index (χ3n) is 2.66. The quantitative estimate of drug-likeness (QED) is 0.839. The maximum Gasteiger partial charge on any atom is 0.416 e. The van der Waals surface area contributed by atoms with Gasteiger partial charge in [0.25, 0.3) is 5.91 Å². The fourth-order valence-electron chi connectivity index (χ4n) is 1.58. The molecule has 1 aromatic rings. The molecule has 0 heterocycles. The van der Waals surface area contributed by atoms with Crippen LogP contribution in [0.2, 0.25) is 0 Å². The van der Waals surface area contributed by atoms with Crippen LogP contribution in [0.5, 0.6) is 0 Å². The minimum atomic E-state index is -4.40. The molecule has 112 valence electrons. The van der Waals surface area contributed by atoms with Crippen LogP contribution < -0.4 is 11.1 Å². The molecule has 0 aliphatic heterocycles. The number of amides is 1. The second-order valence-corrected chi connectivity index (χ2v) is 4.34. The van der Waals surface area contributed by atoms with Crippen LogP contribution in [0.25, 0.3) is 0 Å². The number of carbonyl (C=O) groups is 1. The van der Waals surface area contributed by atoms with Gasteiger partial charge in [0.05, 0.1) is 12.2 Å². The van der Waals surface area contributed by atoms with Gasteiger partial charge in [-0.25, -0.2) is 0 Å². The monoisotopic (exact) mass is 290 g/mol. The average Bonchev–Trinajstić information content (AvgIpc) is 2.38. The molecular weight excluding hydrogens is 273 g/mol. The first-order valence-corrected chi connectivity index (χ1v) is 6.04. The lowest BCUT2D eigenvalue weighted by Gasteiger charge is -2.11. The summed E-state index contributed by atoms with van der Waals surface area (Å²) in [6, 6.07) is 3.87. The SMILES string of the molecule is COCC(N)CCNC(=O)c1ccc(C(F)(F)F)cc1. The number of hydrogen-bond acceptors (Lipinski definition) is 3. The van der Waals surface area contributed by atoms with Crippen molar-refractivity contribution in [2.24, 2.45) is 5.73 Å². The predicted molar refractivity (Wildman–Crippen MR) is 68.2 cm³/mol. The van der Waals surface area contributed by atoms with Gasteiger partial charge in [-0.05, 0) is 30.7 Å². The third kappa shape index (κ3) is 5.18. The van der Waals surface area contributed by atoms with E-state index in [2.05, 4.69) is 5.32 Å². The molecular formula is C13H17F3N2O2. The molecule has 3 N–H and O–H groups in total. The highest BCUT2D eigenvalue weighted by molar-refractivity contribution is 5.94. The first-order valence-electron chi connectivity index (χ1n) is 6.04. The molecule has 0 saturated heterocycles. The third-order valence-corrected chi connectivity index (χ3v) is 2.66. The predicted octanol–water partition coefficient (Wildman–Crippen LogP) is 1.80. The van der Waals surface area contributed by atoms with E-state index in [9.17, 15) is 18.0 Å². The van der Waals surface area contributed by atoms with Crippen molar-refractivity contribution in [2.75, 3.05) is 20.3 Å². The van der Waals surface area contributed by atoms with Crippen LogP contribution in [0.4, 0.5) is 13.2 Å². The van der Waals surface area contributed by atoms with E-state index in [-0.39, 0.29) is 11.6 Å². The normalized spacial score (nSPS) is 13.1. The largest absolute Gasteiger partial charge is 0.416 e. The molecule has 1 amide bonds. The van der Waals surface area contributed by atoms with Crippen molar-refractivity contribution in [1.82, 2.24) is 5.32 Å². The molecule has 1 unspecified atom stereocenters. The molecule has 0 aliphatic rings. The van der Waals surface area contributed by atoms with Gasteiger partial charge in [0.15, 0.2) is 0 Å². The number of nitrogens with two attached hydrogens (primary N) is 1. The number of alkyl halides is 3. The van der Waals surface area contributed by atoms with Crippen molar-refractivity contribution < 1.29 is 22.7 Å². The summed E-state index contributed by atoms with van der Waals surface area (Å²) in [5.74, 6) is -0.427. The maximum atomic E-state index is 12.4. The van der Waals surface area contributed by atoms with Crippen LogP contribution in [0.15, 0.2) is 24.3 Å². The Morgan fingerprint density at radius 3 is 2.45 bits per heavy atom. The van der Waals surface area contributed by atoms with Crippen LogP contribution >= 0.6 is 0 Å². The van der Waals surface area contributed by atoms with E-state index in [1.54, 1.807) is 0 Å². The number of benzene rings is 1. The number of nitrogens with one attached hydrogen (secondary N) is 1. The fourth-order valence-corrected chi connectivity index (χ4v) is 1.58. The smallest absolute Gasteiger partial charge is 0.383 e. The van der Waals surface area contributed by atoms with Crippen LogP contribution in [0.3, 0.4) is 0 Å². The molecule has 1 aromatic carbocycles. The number of carbonyl (C=O) groups excluding carboxylic acids is 1. The van der Waals surface area contributed by atoms with Gasteiger partial charge in [-0.1, -0.05) is 0 Å². The summed E-state index contributed by atoms with van der Waals surface area (Å²) in [7, 11) is 1.53. The van der Waals surface area contributed by atoms with Crippen LogP contribution in [-0.2, 0) is 10.9 Å². The van der Waals surface area contributed by atoms with Crippen molar-refractivity contribution in [3.05, 3.63) is 35.4 Å². The van der Waals surface area contributed by atoms with Gasteiger partial charge in [-0.2, -0.15) is 13.2 Å². The lowest BCUT2D eigenvalue weighted by atomic mass is 10.1. The number of rotatable bonds is 6. The minimum Gasteiger partial charge on any atom is -0.383 e. The highest BCUT2D eigenvalue weighted by atomic mass is 19.4. The Morgan fingerprint density at radius 1 is 1.35 bits per heavy atom. The molecule has 0 bridgehead atoms. The van der Waals surface area contributed by atoms with E-state index in [1.165, 1.54) is 7.11 Å². The molecule has 20 heavy (non-hydrogen) atoms. The standard InChI is InChI=1S/C13H17F3N2O2/c1-20-8-11(17)6-7-18-12(19)9-2-4-10(5-3-9)13(14,15)16/h2-5,11H,6-8,17H2,1H3,(H,18,19). The Bertz CT molecular complexity index is 432. The molecule has 7 heteroatoms. The summed E-state index contributed by atoms with van der Waals surface area (Å²) < 4.78 is 41.9. The van der Waals surface area contributed by atoms with E-state index in [0.29, 0.717) is 19.6 Å². The van der Waals surface area contributed by atoms with Gasteiger partial charge in [-0.3, -0.25) is 4.79 Å². The number of halogens is 3. The Morgan fingerprint density at radius 2 is 1.95 bits per heavy atom. The van der Waals surface area contributed by atoms with Gasteiger partial charge in [-0.15, -0.1) is 0 Å². The molecule has 0 aromatic heterocycles. The van der Waals surface area contributed by atoms with E-state index in [4.69, 9.17) is 10.5 Å².